The average molecular weight is 452 g/mol. The number of aromatic nitrogens is 2. The summed E-state index contributed by atoms with van der Waals surface area (Å²) in [6.45, 7) is 1.80. The summed E-state index contributed by atoms with van der Waals surface area (Å²) >= 11 is 1.25. The first-order chi connectivity index (χ1) is 15.4. The summed E-state index contributed by atoms with van der Waals surface area (Å²) in [5.41, 5.74) is 1.19. The Kier molecular flexibility index (Phi) is 6.13. The monoisotopic (exact) mass is 452 g/mol. The fraction of sp³-hybridized carbons (Fsp3) is 0.227. The zero-order chi connectivity index (χ0) is 22.7. The Balaban J connectivity index is 1.39. The van der Waals surface area contributed by atoms with E-state index in [1.807, 2.05) is 24.3 Å². The normalized spacial score (nSPS) is 15.5. The van der Waals surface area contributed by atoms with Gasteiger partial charge in [-0.25, -0.2) is 0 Å². The van der Waals surface area contributed by atoms with E-state index in [4.69, 9.17) is 9.47 Å². The highest BCUT2D eigenvalue weighted by Gasteiger charge is 2.34. The van der Waals surface area contributed by atoms with E-state index in [9.17, 15) is 14.4 Å². The Morgan fingerprint density at radius 2 is 1.75 bits per heavy atom. The molecule has 9 nitrogen and oxygen atoms in total. The van der Waals surface area contributed by atoms with Gasteiger partial charge >= 0.3 is 5.97 Å². The van der Waals surface area contributed by atoms with Crippen molar-refractivity contribution in [3.8, 4) is 11.5 Å². The van der Waals surface area contributed by atoms with Crippen molar-refractivity contribution >= 4 is 39.9 Å². The van der Waals surface area contributed by atoms with Gasteiger partial charge in [0.05, 0.1) is 7.11 Å². The van der Waals surface area contributed by atoms with Gasteiger partial charge in [-0.15, -0.1) is 10.2 Å². The number of ether oxygens (including phenoxy) is 2. The van der Waals surface area contributed by atoms with Crippen molar-refractivity contribution in [1.29, 1.82) is 0 Å². The molecule has 0 spiro atoms. The topological polar surface area (TPSA) is 111 Å². The second-order valence-electron chi connectivity index (χ2n) is 7.12. The van der Waals surface area contributed by atoms with Crippen molar-refractivity contribution < 1.29 is 23.9 Å². The van der Waals surface area contributed by atoms with Crippen molar-refractivity contribution in [2.75, 3.05) is 23.9 Å². The minimum absolute atomic E-state index is 0.00817. The summed E-state index contributed by atoms with van der Waals surface area (Å²) in [6.07, 6.45) is 0.326. The quantitative estimate of drug-likeness (QED) is 0.451. The molecule has 0 unspecified atom stereocenters. The number of hydrogen-bond donors (Lipinski definition) is 1. The maximum atomic E-state index is 12.5. The molecule has 1 saturated heterocycles. The van der Waals surface area contributed by atoms with Crippen LogP contribution in [0.4, 0.5) is 10.8 Å². The highest BCUT2D eigenvalue weighted by atomic mass is 32.1. The van der Waals surface area contributed by atoms with Gasteiger partial charge < -0.3 is 14.4 Å². The van der Waals surface area contributed by atoms with Gasteiger partial charge in [0.1, 0.15) is 16.5 Å². The number of hydrogen-bond acceptors (Lipinski definition) is 8. The lowest BCUT2D eigenvalue weighted by Crippen LogP contribution is -2.24. The van der Waals surface area contributed by atoms with Crippen molar-refractivity contribution in [2.45, 2.75) is 19.3 Å². The smallest absolute Gasteiger partial charge is 0.308 e. The number of methoxy groups -OCH3 is 1. The lowest BCUT2D eigenvalue weighted by molar-refractivity contribution is -0.131. The molecular formula is C22H20N4O5S. The van der Waals surface area contributed by atoms with Gasteiger partial charge in [-0.1, -0.05) is 11.3 Å². The third-order valence-electron chi connectivity index (χ3n) is 4.90. The zero-order valence-corrected chi connectivity index (χ0v) is 18.2. The second kappa shape index (κ2) is 9.15. The number of carbonyl (C=O) groups excluding carboxylic acids is 3. The molecule has 4 rings (SSSR count). The predicted molar refractivity (Wildman–Crippen MR) is 118 cm³/mol. The summed E-state index contributed by atoms with van der Waals surface area (Å²) in [5, 5.41) is 12.0. The molecule has 2 aromatic carbocycles. The van der Waals surface area contributed by atoms with E-state index >= 15 is 0 Å². The highest BCUT2D eigenvalue weighted by molar-refractivity contribution is 7.15. The van der Waals surface area contributed by atoms with Crippen LogP contribution in [-0.4, -0.2) is 41.6 Å². The van der Waals surface area contributed by atoms with E-state index in [-0.39, 0.29) is 17.7 Å². The lowest BCUT2D eigenvalue weighted by atomic mass is 10.1. The molecule has 1 N–H and O–H groups in total. The van der Waals surface area contributed by atoms with E-state index in [1.165, 1.54) is 18.3 Å². The lowest BCUT2D eigenvalue weighted by Gasteiger charge is -2.16. The van der Waals surface area contributed by atoms with Crippen molar-refractivity contribution in [2.24, 2.45) is 0 Å². The van der Waals surface area contributed by atoms with Crippen LogP contribution in [0.1, 0.15) is 34.6 Å². The van der Waals surface area contributed by atoms with Crippen molar-refractivity contribution in [3.63, 3.8) is 0 Å². The average Bonchev–Trinajstić information content (AvgIpc) is 3.40. The molecule has 0 aliphatic carbocycles. The summed E-state index contributed by atoms with van der Waals surface area (Å²) in [6, 6.07) is 13.5. The van der Waals surface area contributed by atoms with Gasteiger partial charge in [-0.2, -0.15) is 0 Å². The van der Waals surface area contributed by atoms with E-state index in [1.54, 1.807) is 36.3 Å². The molecule has 1 aliphatic heterocycles. The van der Waals surface area contributed by atoms with Gasteiger partial charge in [-0.3, -0.25) is 19.7 Å². The first-order valence-electron chi connectivity index (χ1n) is 9.80. The van der Waals surface area contributed by atoms with Crippen LogP contribution in [0.2, 0.25) is 0 Å². The summed E-state index contributed by atoms with van der Waals surface area (Å²) in [7, 11) is 1.59. The van der Waals surface area contributed by atoms with Gasteiger partial charge in [-0.05, 0) is 48.5 Å². The first-order valence-corrected chi connectivity index (χ1v) is 10.6. The number of nitrogens with zero attached hydrogens (tertiary/aromatic N) is 3. The minimum atomic E-state index is -0.431. The number of esters is 1. The third-order valence-corrected chi connectivity index (χ3v) is 5.90. The third kappa shape index (κ3) is 4.75. The number of anilines is 2. The predicted octanol–water partition coefficient (Wildman–Crippen LogP) is 3.24. The number of benzene rings is 2. The van der Waals surface area contributed by atoms with E-state index in [2.05, 4.69) is 15.5 Å². The molecule has 2 heterocycles. The van der Waals surface area contributed by atoms with Gasteiger partial charge in [0.25, 0.3) is 5.91 Å². The molecule has 3 aromatic rings. The van der Waals surface area contributed by atoms with Crippen LogP contribution >= 0.6 is 11.3 Å². The van der Waals surface area contributed by atoms with Crippen LogP contribution in [-0.2, 0) is 9.59 Å². The molecule has 32 heavy (non-hydrogen) atoms. The molecule has 1 aliphatic rings. The van der Waals surface area contributed by atoms with E-state index in [0.717, 1.165) is 11.4 Å². The Morgan fingerprint density at radius 3 is 2.41 bits per heavy atom. The Morgan fingerprint density at radius 1 is 1.06 bits per heavy atom. The number of amides is 2. The highest BCUT2D eigenvalue weighted by Crippen LogP contribution is 2.34. The van der Waals surface area contributed by atoms with Crippen LogP contribution in [0.3, 0.4) is 0 Å². The maximum absolute atomic E-state index is 12.5. The fourth-order valence-electron chi connectivity index (χ4n) is 3.34. The first kappa shape index (κ1) is 21.4. The molecule has 2 amide bonds. The molecule has 0 radical (unpaired) electrons. The van der Waals surface area contributed by atoms with E-state index in [0.29, 0.717) is 34.4 Å². The van der Waals surface area contributed by atoms with Crippen LogP contribution in [0.25, 0.3) is 0 Å². The van der Waals surface area contributed by atoms with Crippen LogP contribution in [0.15, 0.2) is 48.5 Å². The zero-order valence-electron chi connectivity index (χ0n) is 17.4. The van der Waals surface area contributed by atoms with Crippen molar-refractivity contribution in [3.05, 3.63) is 59.1 Å². The van der Waals surface area contributed by atoms with Crippen LogP contribution in [0, 0.1) is 0 Å². The summed E-state index contributed by atoms with van der Waals surface area (Å²) in [4.78, 5) is 37.7. The number of carbonyl (C=O) groups is 3. The molecule has 1 atom stereocenters. The SMILES string of the molecule is COc1ccc(N2C[C@@H](c3nnc(NC(=O)c4ccc(OC(C)=O)cc4)s3)CC2=O)cc1. The van der Waals surface area contributed by atoms with Gasteiger partial charge in [0.2, 0.25) is 11.0 Å². The molecule has 10 heteroatoms. The summed E-state index contributed by atoms with van der Waals surface area (Å²) < 4.78 is 10.1. The second-order valence-corrected chi connectivity index (χ2v) is 8.13. The van der Waals surface area contributed by atoms with E-state index < -0.39 is 5.97 Å². The number of nitrogens with one attached hydrogen (secondary N) is 1. The molecule has 0 saturated carbocycles. The Hall–Kier alpha value is -3.79. The Bertz CT molecular complexity index is 1140. The maximum Gasteiger partial charge on any atom is 0.308 e. The fourth-order valence-corrected chi connectivity index (χ4v) is 4.17. The number of rotatable bonds is 6. The minimum Gasteiger partial charge on any atom is -0.497 e. The van der Waals surface area contributed by atoms with Crippen LogP contribution in [0.5, 0.6) is 11.5 Å². The summed E-state index contributed by atoms with van der Waals surface area (Å²) in [5.74, 6) is 0.204. The largest absolute Gasteiger partial charge is 0.497 e. The Labute approximate surface area is 188 Å². The van der Waals surface area contributed by atoms with Crippen LogP contribution < -0.4 is 19.7 Å². The standard InChI is InChI=1S/C22H20N4O5S/c1-13(27)31-18-7-3-14(4-8-18)20(29)23-22-25-24-21(32-22)15-11-19(28)26(12-15)16-5-9-17(30-2)10-6-16/h3-10,15H,11-12H2,1-2H3,(H,23,25,29)/t15-/m0/s1. The molecular weight excluding hydrogens is 432 g/mol. The molecule has 1 fully saturated rings. The van der Waals surface area contributed by atoms with Crippen molar-refractivity contribution in [1.82, 2.24) is 10.2 Å². The molecule has 1 aromatic heterocycles. The molecule has 164 valence electrons. The van der Waals surface area contributed by atoms with Gasteiger partial charge in [0, 0.05) is 37.1 Å². The van der Waals surface area contributed by atoms with Gasteiger partial charge in [0.15, 0.2) is 0 Å². The molecule has 0 bridgehead atoms.